The van der Waals surface area contributed by atoms with Gasteiger partial charge in [-0.3, -0.25) is 4.90 Å². The summed E-state index contributed by atoms with van der Waals surface area (Å²) >= 11 is 9.76. The summed E-state index contributed by atoms with van der Waals surface area (Å²) in [4.78, 5) is 2.43. The summed E-state index contributed by atoms with van der Waals surface area (Å²) in [6.45, 7) is 3.20. The standard InChI is InChI=1S/C14H20BrClN2.ClH/c1-18(13-3-2-7-17-8-6-13)10-11-9-12(15)4-5-14(11)16;/h4-5,9,13,17H,2-3,6-8,10H2,1H3;1H. The second kappa shape index (κ2) is 8.48. The van der Waals surface area contributed by atoms with Gasteiger partial charge in [0.2, 0.25) is 0 Å². The molecule has 0 aliphatic carbocycles. The Bertz CT molecular complexity index is 393. The van der Waals surface area contributed by atoms with Crippen molar-refractivity contribution < 1.29 is 0 Å². The van der Waals surface area contributed by atoms with E-state index in [0.29, 0.717) is 6.04 Å². The fourth-order valence-corrected chi connectivity index (χ4v) is 3.09. The van der Waals surface area contributed by atoms with E-state index in [-0.39, 0.29) is 12.4 Å². The molecule has 1 aliphatic rings. The molecule has 0 aromatic heterocycles. The molecule has 1 N–H and O–H groups in total. The van der Waals surface area contributed by atoms with Gasteiger partial charge in [-0.1, -0.05) is 27.5 Å². The topological polar surface area (TPSA) is 15.3 Å². The van der Waals surface area contributed by atoms with E-state index in [1.165, 1.54) is 24.8 Å². The molecule has 19 heavy (non-hydrogen) atoms. The van der Waals surface area contributed by atoms with Gasteiger partial charge in [-0.2, -0.15) is 0 Å². The maximum absolute atomic E-state index is 6.25. The molecule has 0 saturated carbocycles. The number of halogens is 3. The first-order valence-corrected chi connectivity index (χ1v) is 7.69. The Morgan fingerprint density at radius 1 is 1.37 bits per heavy atom. The summed E-state index contributed by atoms with van der Waals surface area (Å²) in [5.74, 6) is 0. The summed E-state index contributed by atoms with van der Waals surface area (Å²) in [6, 6.07) is 6.73. The monoisotopic (exact) mass is 366 g/mol. The minimum Gasteiger partial charge on any atom is -0.317 e. The lowest BCUT2D eigenvalue weighted by molar-refractivity contribution is 0.216. The molecule has 1 saturated heterocycles. The van der Waals surface area contributed by atoms with Crippen LogP contribution in [0.5, 0.6) is 0 Å². The molecule has 1 unspecified atom stereocenters. The number of nitrogens with one attached hydrogen (secondary N) is 1. The quantitative estimate of drug-likeness (QED) is 0.865. The molecule has 2 rings (SSSR count). The summed E-state index contributed by atoms with van der Waals surface area (Å²) in [5.41, 5.74) is 1.20. The van der Waals surface area contributed by atoms with E-state index in [1.54, 1.807) is 0 Å². The van der Waals surface area contributed by atoms with Crippen LogP contribution in [0.2, 0.25) is 5.02 Å². The van der Waals surface area contributed by atoms with Crippen molar-refractivity contribution in [2.45, 2.75) is 31.8 Å². The van der Waals surface area contributed by atoms with Crippen molar-refractivity contribution in [1.82, 2.24) is 10.2 Å². The van der Waals surface area contributed by atoms with Gasteiger partial charge in [0.25, 0.3) is 0 Å². The van der Waals surface area contributed by atoms with Crippen LogP contribution in [0.3, 0.4) is 0 Å². The van der Waals surface area contributed by atoms with E-state index >= 15 is 0 Å². The Morgan fingerprint density at radius 2 is 2.16 bits per heavy atom. The average molecular weight is 368 g/mol. The lowest BCUT2D eigenvalue weighted by atomic mass is 10.1. The number of nitrogens with zero attached hydrogens (tertiary/aromatic N) is 1. The Labute approximate surface area is 135 Å². The van der Waals surface area contributed by atoms with Gasteiger partial charge in [0.15, 0.2) is 0 Å². The van der Waals surface area contributed by atoms with Gasteiger partial charge in [0.1, 0.15) is 0 Å². The van der Waals surface area contributed by atoms with Crippen molar-refractivity contribution in [1.29, 1.82) is 0 Å². The average Bonchev–Trinajstić information content (AvgIpc) is 2.62. The van der Waals surface area contributed by atoms with Crippen molar-refractivity contribution in [3.8, 4) is 0 Å². The Morgan fingerprint density at radius 3 is 2.95 bits per heavy atom. The normalized spacial score (nSPS) is 19.9. The van der Waals surface area contributed by atoms with Gasteiger partial charge in [0, 0.05) is 22.1 Å². The van der Waals surface area contributed by atoms with Gasteiger partial charge < -0.3 is 5.32 Å². The summed E-state index contributed by atoms with van der Waals surface area (Å²) in [6.07, 6.45) is 3.76. The van der Waals surface area contributed by atoms with Crippen molar-refractivity contribution >= 4 is 39.9 Å². The molecule has 1 aromatic carbocycles. The van der Waals surface area contributed by atoms with Crippen LogP contribution in [-0.4, -0.2) is 31.1 Å². The molecule has 1 fully saturated rings. The Kier molecular flexibility index (Phi) is 7.70. The molecule has 0 radical (unpaired) electrons. The zero-order chi connectivity index (χ0) is 13.0. The van der Waals surface area contributed by atoms with Crippen LogP contribution in [0.1, 0.15) is 24.8 Å². The van der Waals surface area contributed by atoms with E-state index in [4.69, 9.17) is 11.6 Å². The summed E-state index contributed by atoms with van der Waals surface area (Å²) < 4.78 is 1.10. The largest absolute Gasteiger partial charge is 0.317 e. The number of rotatable bonds is 3. The van der Waals surface area contributed by atoms with Crippen LogP contribution in [0.15, 0.2) is 22.7 Å². The predicted octanol–water partition coefficient (Wildman–Crippen LogP) is 4.10. The van der Waals surface area contributed by atoms with Crippen LogP contribution >= 0.6 is 39.9 Å². The molecule has 108 valence electrons. The van der Waals surface area contributed by atoms with Crippen LogP contribution in [0.4, 0.5) is 0 Å². The van der Waals surface area contributed by atoms with Crippen molar-refractivity contribution in [2.75, 3.05) is 20.1 Å². The number of benzene rings is 1. The molecule has 0 amide bonds. The van der Waals surface area contributed by atoms with E-state index in [0.717, 1.165) is 29.1 Å². The van der Waals surface area contributed by atoms with Gasteiger partial charge in [-0.05, 0) is 63.2 Å². The van der Waals surface area contributed by atoms with E-state index < -0.39 is 0 Å². The maximum Gasteiger partial charge on any atom is 0.0451 e. The third kappa shape index (κ3) is 5.24. The lowest BCUT2D eigenvalue weighted by Gasteiger charge is -2.27. The zero-order valence-corrected chi connectivity index (χ0v) is 14.3. The first-order valence-electron chi connectivity index (χ1n) is 6.51. The van der Waals surface area contributed by atoms with Crippen LogP contribution in [0.25, 0.3) is 0 Å². The maximum atomic E-state index is 6.25. The molecule has 1 atom stereocenters. The van der Waals surface area contributed by atoms with Gasteiger partial charge in [0.05, 0.1) is 0 Å². The first kappa shape index (κ1) is 17.3. The van der Waals surface area contributed by atoms with Crippen molar-refractivity contribution in [3.63, 3.8) is 0 Å². The number of hydrogen-bond donors (Lipinski definition) is 1. The molecule has 1 aromatic rings. The molecular weight excluding hydrogens is 347 g/mol. The van der Waals surface area contributed by atoms with Crippen LogP contribution < -0.4 is 5.32 Å². The number of hydrogen-bond acceptors (Lipinski definition) is 2. The van der Waals surface area contributed by atoms with Crippen molar-refractivity contribution in [3.05, 3.63) is 33.3 Å². The second-order valence-corrected chi connectivity index (χ2v) is 6.31. The van der Waals surface area contributed by atoms with E-state index in [9.17, 15) is 0 Å². The fourth-order valence-electron chi connectivity index (χ4n) is 2.50. The molecule has 0 spiro atoms. The van der Waals surface area contributed by atoms with Gasteiger partial charge >= 0.3 is 0 Å². The van der Waals surface area contributed by atoms with Gasteiger partial charge in [-0.15, -0.1) is 12.4 Å². The Balaban J connectivity index is 0.00000180. The van der Waals surface area contributed by atoms with Crippen molar-refractivity contribution in [2.24, 2.45) is 0 Å². The first-order chi connectivity index (χ1) is 8.66. The summed E-state index contributed by atoms with van der Waals surface area (Å²) in [7, 11) is 2.20. The highest BCUT2D eigenvalue weighted by molar-refractivity contribution is 9.10. The van der Waals surface area contributed by atoms with E-state index in [2.05, 4.69) is 39.3 Å². The lowest BCUT2D eigenvalue weighted by Crippen LogP contribution is -2.32. The second-order valence-electron chi connectivity index (χ2n) is 4.99. The highest BCUT2D eigenvalue weighted by atomic mass is 79.9. The fraction of sp³-hybridized carbons (Fsp3) is 0.571. The highest BCUT2D eigenvalue weighted by Gasteiger charge is 2.17. The minimum atomic E-state index is 0. The molecule has 2 nitrogen and oxygen atoms in total. The molecule has 5 heteroatoms. The Hall–Kier alpha value is 0.200. The molecular formula is C14H21BrCl2N2. The van der Waals surface area contributed by atoms with Gasteiger partial charge in [-0.25, -0.2) is 0 Å². The molecule has 1 aliphatic heterocycles. The zero-order valence-electron chi connectivity index (χ0n) is 11.2. The molecule has 1 heterocycles. The van der Waals surface area contributed by atoms with Crippen LogP contribution in [0, 0.1) is 0 Å². The minimum absolute atomic E-state index is 0. The summed E-state index contributed by atoms with van der Waals surface area (Å²) in [5, 5.41) is 4.31. The third-order valence-electron chi connectivity index (χ3n) is 3.60. The smallest absolute Gasteiger partial charge is 0.0451 e. The molecule has 0 bridgehead atoms. The SMILES string of the molecule is CN(Cc1cc(Br)ccc1Cl)C1CCCNCC1.Cl. The van der Waals surface area contributed by atoms with Crippen LogP contribution in [-0.2, 0) is 6.54 Å². The highest BCUT2D eigenvalue weighted by Crippen LogP contribution is 2.23. The third-order valence-corrected chi connectivity index (χ3v) is 4.46. The van der Waals surface area contributed by atoms with E-state index in [1.807, 2.05) is 12.1 Å². The predicted molar refractivity (Wildman–Crippen MR) is 88.4 cm³/mol.